The van der Waals surface area contributed by atoms with E-state index in [1.165, 1.54) is 0 Å². The van der Waals surface area contributed by atoms with Gasteiger partial charge in [0.05, 0.1) is 7.11 Å². The molecule has 0 aliphatic heterocycles. The lowest BCUT2D eigenvalue weighted by Crippen LogP contribution is -1.93. The van der Waals surface area contributed by atoms with Crippen LogP contribution in [0.3, 0.4) is 0 Å². The lowest BCUT2D eigenvalue weighted by atomic mass is 10.1. The second-order valence-electron chi connectivity index (χ2n) is 2.35. The first kappa shape index (κ1) is 8.63. The SMILES string of the molecule is C#C[C@@H](O)c1cccc(OC)c1. The molecule has 0 heterocycles. The topological polar surface area (TPSA) is 29.5 Å². The summed E-state index contributed by atoms with van der Waals surface area (Å²) in [6, 6.07) is 7.05. The third kappa shape index (κ3) is 1.77. The lowest BCUT2D eigenvalue weighted by Gasteiger charge is -2.05. The molecule has 0 aliphatic rings. The Hall–Kier alpha value is -1.46. The molecule has 1 N–H and O–H groups in total. The van der Waals surface area contributed by atoms with Crippen LogP contribution in [-0.4, -0.2) is 12.2 Å². The molecule has 0 aliphatic carbocycles. The molecule has 0 aromatic heterocycles. The van der Waals surface area contributed by atoms with Crippen molar-refractivity contribution in [3.05, 3.63) is 29.8 Å². The van der Waals surface area contributed by atoms with E-state index in [-0.39, 0.29) is 0 Å². The van der Waals surface area contributed by atoms with E-state index in [1.54, 1.807) is 31.4 Å². The van der Waals surface area contributed by atoms with Gasteiger partial charge in [-0.05, 0) is 17.7 Å². The van der Waals surface area contributed by atoms with E-state index in [4.69, 9.17) is 11.2 Å². The Kier molecular flexibility index (Phi) is 2.73. The number of hydrogen-bond donors (Lipinski definition) is 1. The van der Waals surface area contributed by atoms with Crippen LogP contribution in [0.25, 0.3) is 0 Å². The summed E-state index contributed by atoms with van der Waals surface area (Å²) in [7, 11) is 1.57. The van der Waals surface area contributed by atoms with Gasteiger partial charge < -0.3 is 9.84 Å². The van der Waals surface area contributed by atoms with E-state index >= 15 is 0 Å². The van der Waals surface area contributed by atoms with Gasteiger partial charge >= 0.3 is 0 Å². The molecule has 2 heteroatoms. The van der Waals surface area contributed by atoms with Crippen molar-refractivity contribution in [2.24, 2.45) is 0 Å². The van der Waals surface area contributed by atoms with Crippen molar-refractivity contribution in [3.8, 4) is 18.1 Å². The van der Waals surface area contributed by atoms with Gasteiger partial charge in [-0.2, -0.15) is 0 Å². The van der Waals surface area contributed by atoms with E-state index < -0.39 is 6.10 Å². The maximum atomic E-state index is 9.26. The molecule has 62 valence electrons. The van der Waals surface area contributed by atoms with Crippen LogP contribution in [0.4, 0.5) is 0 Å². The predicted molar refractivity (Wildman–Crippen MR) is 46.8 cm³/mol. The first-order valence-electron chi connectivity index (χ1n) is 3.56. The minimum atomic E-state index is -0.847. The summed E-state index contributed by atoms with van der Waals surface area (Å²) in [5.41, 5.74) is 0.678. The van der Waals surface area contributed by atoms with Crippen LogP contribution in [-0.2, 0) is 0 Å². The predicted octanol–water partition coefficient (Wildman–Crippen LogP) is 1.36. The molecule has 2 nitrogen and oxygen atoms in total. The summed E-state index contributed by atoms with van der Waals surface area (Å²) in [5.74, 6) is 2.93. The van der Waals surface area contributed by atoms with Crippen molar-refractivity contribution in [2.75, 3.05) is 7.11 Å². The minimum absolute atomic E-state index is 0.678. The highest BCUT2D eigenvalue weighted by Gasteiger charge is 2.02. The zero-order chi connectivity index (χ0) is 8.97. The number of aliphatic hydroxyl groups excluding tert-OH is 1. The Bertz CT molecular complexity index is 299. The van der Waals surface area contributed by atoms with Crippen molar-refractivity contribution in [2.45, 2.75) is 6.10 Å². The quantitative estimate of drug-likeness (QED) is 0.665. The van der Waals surface area contributed by atoms with Crippen LogP contribution in [0, 0.1) is 12.3 Å². The zero-order valence-electron chi connectivity index (χ0n) is 6.82. The molecule has 0 bridgehead atoms. The van der Waals surface area contributed by atoms with E-state index in [2.05, 4.69) is 5.92 Å². The van der Waals surface area contributed by atoms with Crippen molar-refractivity contribution in [1.82, 2.24) is 0 Å². The lowest BCUT2D eigenvalue weighted by molar-refractivity contribution is 0.238. The Balaban J connectivity index is 2.95. The van der Waals surface area contributed by atoms with Crippen molar-refractivity contribution < 1.29 is 9.84 Å². The number of terminal acetylenes is 1. The third-order valence-electron chi connectivity index (χ3n) is 1.57. The van der Waals surface area contributed by atoms with Gasteiger partial charge in [0.25, 0.3) is 0 Å². The minimum Gasteiger partial charge on any atom is -0.497 e. The average Bonchev–Trinajstić information content (AvgIpc) is 2.17. The normalized spacial score (nSPS) is 11.8. The smallest absolute Gasteiger partial charge is 0.140 e. The third-order valence-corrected chi connectivity index (χ3v) is 1.57. The summed E-state index contributed by atoms with van der Waals surface area (Å²) in [5, 5.41) is 9.26. The van der Waals surface area contributed by atoms with E-state index in [9.17, 15) is 5.11 Å². The highest BCUT2D eigenvalue weighted by molar-refractivity contribution is 5.32. The molecule has 1 atom stereocenters. The van der Waals surface area contributed by atoms with Gasteiger partial charge in [-0.15, -0.1) is 6.42 Å². The summed E-state index contributed by atoms with van der Waals surface area (Å²) in [6.07, 6.45) is 4.21. The number of methoxy groups -OCH3 is 1. The Morgan fingerprint density at radius 1 is 1.58 bits per heavy atom. The molecule has 1 aromatic carbocycles. The van der Waals surface area contributed by atoms with E-state index in [0.29, 0.717) is 11.3 Å². The van der Waals surface area contributed by atoms with Gasteiger partial charge in [0.15, 0.2) is 0 Å². The second kappa shape index (κ2) is 3.80. The van der Waals surface area contributed by atoms with E-state index in [1.807, 2.05) is 0 Å². The number of rotatable bonds is 2. The fourth-order valence-electron chi connectivity index (χ4n) is 0.908. The Labute approximate surface area is 71.8 Å². The first-order valence-corrected chi connectivity index (χ1v) is 3.56. The first-order chi connectivity index (χ1) is 5.77. The van der Waals surface area contributed by atoms with Crippen LogP contribution in [0.1, 0.15) is 11.7 Å². The van der Waals surface area contributed by atoms with Crippen molar-refractivity contribution >= 4 is 0 Å². The maximum Gasteiger partial charge on any atom is 0.140 e. The average molecular weight is 162 g/mol. The largest absolute Gasteiger partial charge is 0.497 e. The maximum absolute atomic E-state index is 9.26. The summed E-state index contributed by atoms with van der Waals surface area (Å²) >= 11 is 0. The van der Waals surface area contributed by atoms with Crippen molar-refractivity contribution in [3.63, 3.8) is 0 Å². The van der Waals surface area contributed by atoms with Gasteiger partial charge in [0.1, 0.15) is 11.9 Å². The summed E-state index contributed by atoms with van der Waals surface area (Å²) in [6.45, 7) is 0. The molecule has 0 fully saturated rings. The number of ether oxygens (including phenoxy) is 1. The molecule has 0 spiro atoms. The number of benzene rings is 1. The summed E-state index contributed by atoms with van der Waals surface area (Å²) in [4.78, 5) is 0. The van der Waals surface area contributed by atoms with Gasteiger partial charge in [0.2, 0.25) is 0 Å². The molecular formula is C10H10O2. The molecule has 0 saturated heterocycles. The molecule has 0 amide bonds. The number of hydrogen-bond acceptors (Lipinski definition) is 2. The van der Waals surface area contributed by atoms with Gasteiger partial charge in [-0.1, -0.05) is 18.1 Å². The highest BCUT2D eigenvalue weighted by Crippen LogP contribution is 2.17. The van der Waals surface area contributed by atoms with Crippen LogP contribution in [0.15, 0.2) is 24.3 Å². The van der Waals surface area contributed by atoms with Gasteiger partial charge in [-0.3, -0.25) is 0 Å². The van der Waals surface area contributed by atoms with E-state index in [0.717, 1.165) is 0 Å². The van der Waals surface area contributed by atoms with Crippen LogP contribution in [0.2, 0.25) is 0 Å². The standard InChI is InChI=1S/C10H10O2/c1-3-10(11)8-5-4-6-9(7-8)12-2/h1,4-7,10-11H,2H3/t10-/m1/s1. The van der Waals surface area contributed by atoms with Crippen molar-refractivity contribution in [1.29, 1.82) is 0 Å². The zero-order valence-corrected chi connectivity index (χ0v) is 6.82. The molecule has 0 radical (unpaired) electrons. The molecular weight excluding hydrogens is 152 g/mol. The summed E-state index contributed by atoms with van der Waals surface area (Å²) < 4.78 is 4.97. The fourth-order valence-corrected chi connectivity index (χ4v) is 0.908. The second-order valence-corrected chi connectivity index (χ2v) is 2.35. The Morgan fingerprint density at radius 2 is 2.33 bits per heavy atom. The molecule has 0 unspecified atom stereocenters. The van der Waals surface area contributed by atoms with Crippen LogP contribution < -0.4 is 4.74 Å². The van der Waals surface area contributed by atoms with Crippen LogP contribution in [0.5, 0.6) is 5.75 Å². The highest BCUT2D eigenvalue weighted by atomic mass is 16.5. The molecule has 1 aromatic rings. The molecule has 1 rings (SSSR count). The van der Waals surface area contributed by atoms with Gasteiger partial charge in [0, 0.05) is 0 Å². The monoisotopic (exact) mass is 162 g/mol. The molecule has 12 heavy (non-hydrogen) atoms. The fraction of sp³-hybridized carbons (Fsp3) is 0.200. The number of aliphatic hydroxyl groups is 1. The van der Waals surface area contributed by atoms with Gasteiger partial charge in [-0.25, -0.2) is 0 Å². The Morgan fingerprint density at radius 3 is 2.92 bits per heavy atom. The molecule has 0 saturated carbocycles. The van der Waals surface area contributed by atoms with Crippen LogP contribution >= 0.6 is 0 Å².